The van der Waals surface area contributed by atoms with E-state index in [9.17, 15) is 5.11 Å². The van der Waals surface area contributed by atoms with Crippen LogP contribution in [0.2, 0.25) is 0 Å². The lowest BCUT2D eigenvalue weighted by Gasteiger charge is -2.19. The van der Waals surface area contributed by atoms with Crippen LogP contribution in [0.3, 0.4) is 0 Å². The van der Waals surface area contributed by atoms with Gasteiger partial charge in [-0.25, -0.2) is 4.98 Å². The molecule has 0 aliphatic rings. The minimum atomic E-state index is -0.0470. The summed E-state index contributed by atoms with van der Waals surface area (Å²) in [4.78, 5) is 10.3. The van der Waals surface area contributed by atoms with Gasteiger partial charge in [-0.3, -0.25) is 4.99 Å². The van der Waals surface area contributed by atoms with Crippen molar-refractivity contribution in [2.24, 2.45) is 4.99 Å². The normalized spacial score (nSPS) is 12.0. The van der Waals surface area contributed by atoms with Gasteiger partial charge in [0.05, 0.1) is 15.9 Å². The highest BCUT2D eigenvalue weighted by molar-refractivity contribution is 7.21. The lowest BCUT2D eigenvalue weighted by Crippen LogP contribution is -2.11. The van der Waals surface area contributed by atoms with Crippen LogP contribution in [0.4, 0.5) is 5.69 Å². The molecule has 0 amide bonds. The quantitative estimate of drug-likeness (QED) is 0.174. The van der Waals surface area contributed by atoms with Crippen LogP contribution in [0.25, 0.3) is 75.7 Å². The number of fused-ring (bicyclic) bond motifs is 3. The Bertz CT molecular complexity index is 2870. The highest BCUT2D eigenvalue weighted by Crippen LogP contribution is 2.43. The number of hydrogen-bond donors (Lipinski definition) is 1. The minimum Gasteiger partial charge on any atom is -0.507 e. The monoisotopic (exact) mass is 714 g/mol. The Balaban J connectivity index is 1.17. The number of rotatable bonds is 6. The number of aromatic hydroxyl groups is 1. The summed E-state index contributed by atoms with van der Waals surface area (Å²) in [7, 11) is 0. The maximum absolute atomic E-state index is 10.7. The molecular formula is C50H38N2OS. The molecule has 9 aromatic rings. The van der Waals surface area contributed by atoms with E-state index in [1.54, 1.807) is 23.6 Å². The summed E-state index contributed by atoms with van der Waals surface area (Å²) in [5.74, 6) is 0.210. The van der Waals surface area contributed by atoms with Gasteiger partial charge in [0.15, 0.2) is 0 Å². The Kier molecular flexibility index (Phi) is 8.41. The second-order valence-electron chi connectivity index (χ2n) is 14.8. The van der Waals surface area contributed by atoms with Crippen LogP contribution in [0.1, 0.15) is 31.9 Å². The number of hydrogen-bond acceptors (Lipinski definition) is 4. The van der Waals surface area contributed by atoms with E-state index in [0.29, 0.717) is 5.56 Å². The molecule has 1 heterocycles. The van der Waals surface area contributed by atoms with Crippen molar-refractivity contribution in [3.8, 4) is 49.7 Å². The number of phenolic OH excluding ortho intramolecular Hbond substituents is 1. The molecule has 8 aromatic carbocycles. The third-order valence-corrected chi connectivity index (χ3v) is 11.3. The van der Waals surface area contributed by atoms with Gasteiger partial charge in [0.25, 0.3) is 0 Å². The lowest BCUT2D eigenvalue weighted by molar-refractivity contribution is 0.473. The third-order valence-electron chi connectivity index (χ3n) is 10.3. The van der Waals surface area contributed by atoms with Crippen molar-refractivity contribution in [1.82, 2.24) is 4.98 Å². The lowest BCUT2D eigenvalue weighted by atomic mass is 9.86. The molecule has 0 aliphatic carbocycles. The molecule has 54 heavy (non-hydrogen) atoms. The van der Waals surface area contributed by atoms with Crippen molar-refractivity contribution in [1.29, 1.82) is 0 Å². The maximum Gasteiger partial charge on any atom is 0.126 e. The molecule has 9 rings (SSSR count). The van der Waals surface area contributed by atoms with Crippen LogP contribution in [-0.2, 0) is 5.41 Å². The first kappa shape index (κ1) is 33.5. The summed E-state index contributed by atoms with van der Waals surface area (Å²) in [6, 6.07) is 57.5. The van der Waals surface area contributed by atoms with Crippen LogP contribution in [0, 0.1) is 0 Å². The molecule has 0 saturated carbocycles. The van der Waals surface area contributed by atoms with Gasteiger partial charge in [0.2, 0.25) is 0 Å². The zero-order chi connectivity index (χ0) is 36.8. The van der Waals surface area contributed by atoms with Crippen LogP contribution < -0.4 is 0 Å². The smallest absolute Gasteiger partial charge is 0.126 e. The molecule has 0 fully saturated rings. The van der Waals surface area contributed by atoms with E-state index in [1.165, 1.54) is 32.7 Å². The molecule has 260 valence electrons. The fraction of sp³-hybridized carbons (Fsp3) is 0.0800. The molecular weight excluding hydrogens is 677 g/mol. The third kappa shape index (κ3) is 6.25. The number of para-hydroxylation sites is 1. The Labute approximate surface area is 319 Å². The molecule has 0 spiro atoms. The molecule has 1 aromatic heterocycles. The largest absolute Gasteiger partial charge is 0.507 e. The van der Waals surface area contributed by atoms with Gasteiger partial charge in [-0.05, 0) is 96.7 Å². The summed E-state index contributed by atoms with van der Waals surface area (Å²) >= 11 is 1.69. The number of aliphatic imine (C=N–C) groups is 1. The Hall–Kier alpha value is -6.36. The molecule has 3 nitrogen and oxygen atoms in total. The van der Waals surface area contributed by atoms with Gasteiger partial charge in [-0.2, -0.15) is 0 Å². The van der Waals surface area contributed by atoms with Crippen LogP contribution in [0.15, 0.2) is 169 Å². The Morgan fingerprint density at radius 2 is 1.17 bits per heavy atom. The zero-order valence-electron chi connectivity index (χ0n) is 30.4. The number of aromatic nitrogens is 1. The van der Waals surface area contributed by atoms with Crippen LogP contribution in [0.5, 0.6) is 5.75 Å². The van der Waals surface area contributed by atoms with Gasteiger partial charge in [-0.1, -0.05) is 148 Å². The highest BCUT2D eigenvalue weighted by atomic mass is 32.1. The predicted molar refractivity (Wildman–Crippen MR) is 230 cm³/mol. The highest BCUT2D eigenvalue weighted by Gasteiger charge is 2.18. The molecule has 0 aliphatic heterocycles. The summed E-state index contributed by atoms with van der Waals surface area (Å²) in [6.45, 7) is 6.51. The second-order valence-corrected chi connectivity index (χ2v) is 15.8. The first-order valence-electron chi connectivity index (χ1n) is 18.3. The Morgan fingerprint density at radius 1 is 0.556 bits per heavy atom. The Morgan fingerprint density at radius 3 is 1.91 bits per heavy atom. The summed E-state index contributed by atoms with van der Waals surface area (Å²) < 4.78 is 1.11. The summed E-state index contributed by atoms with van der Waals surface area (Å²) in [5, 5.41) is 16.5. The van der Waals surface area contributed by atoms with E-state index in [0.717, 1.165) is 54.3 Å². The first-order chi connectivity index (χ1) is 26.3. The standard InChI is InChI=1S/C50H38N2OS/c1-50(2,3)38-26-27-46(53)37(28-38)31-51-45-21-9-8-18-43(45)49-52-48-44(42-20-11-15-34-13-5-7-17-41(34)42)29-36(30-47(48)54-49)32-22-24-35(25-23-32)40-19-10-14-33-12-4-6-16-39(33)40/h4-31,53H,1-3H3. The number of benzene rings is 8. The average Bonchev–Trinajstić information content (AvgIpc) is 3.64. The van der Waals surface area contributed by atoms with Crippen molar-refractivity contribution in [2.45, 2.75) is 26.2 Å². The number of nitrogens with zero attached hydrogens (tertiary/aromatic N) is 2. The fourth-order valence-electron chi connectivity index (χ4n) is 7.33. The maximum atomic E-state index is 10.7. The van der Waals surface area contributed by atoms with Crippen molar-refractivity contribution in [3.05, 3.63) is 175 Å². The van der Waals surface area contributed by atoms with E-state index >= 15 is 0 Å². The summed E-state index contributed by atoms with van der Waals surface area (Å²) in [5.41, 5.74) is 11.5. The number of thiazole rings is 1. The average molecular weight is 715 g/mol. The summed E-state index contributed by atoms with van der Waals surface area (Å²) in [6.07, 6.45) is 1.76. The van der Waals surface area contributed by atoms with Gasteiger partial charge < -0.3 is 5.11 Å². The zero-order valence-corrected chi connectivity index (χ0v) is 31.2. The van der Waals surface area contributed by atoms with Crippen molar-refractivity contribution in [2.75, 3.05) is 0 Å². The SMILES string of the molecule is CC(C)(C)c1ccc(O)c(C=Nc2ccccc2-c2nc3c(-c4cccc5ccccc45)cc(-c4ccc(-c5cccc6ccccc56)cc4)cc3s2)c1. The van der Waals surface area contributed by atoms with E-state index in [-0.39, 0.29) is 11.2 Å². The second kappa shape index (κ2) is 13.6. The van der Waals surface area contributed by atoms with Gasteiger partial charge in [0, 0.05) is 22.9 Å². The van der Waals surface area contributed by atoms with E-state index in [2.05, 4.69) is 148 Å². The van der Waals surface area contributed by atoms with E-state index in [1.807, 2.05) is 30.3 Å². The molecule has 0 saturated heterocycles. The molecule has 0 radical (unpaired) electrons. The van der Waals surface area contributed by atoms with Gasteiger partial charge in [-0.15, -0.1) is 11.3 Å². The predicted octanol–water partition coefficient (Wildman–Crippen LogP) is 14.0. The molecule has 1 N–H and O–H groups in total. The van der Waals surface area contributed by atoms with Crippen molar-refractivity contribution >= 4 is 55.0 Å². The van der Waals surface area contributed by atoms with Crippen molar-refractivity contribution in [3.63, 3.8) is 0 Å². The van der Waals surface area contributed by atoms with E-state index < -0.39 is 0 Å². The minimum absolute atomic E-state index is 0.0470. The molecule has 0 unspecified atom stereocenters. The topological polar surface area (TPSA) is 45.5 Å². The fourth-order valence-corrected chi connectivity index (χ4v) is 8.39. The first-order valence-corrected chi connectivity index (χ1v) is 19.1. The van der Waals surface area contributed by atoms with Crippen LogP contribution in [-0.4, -0.2) is 16.3 Å². The van der Waals surface area contributed by atoms with Gasteiger partial charge in [0.1, 0.15) is 10.8 Å². The van der Waals surface area contributed by atoms with E-state index in [4.69, 9.17) is 9.98 Å². The molecule has 0 bridgehead atoms. The van der Waals surface area contributed by atoms with Gasteiger partial charge >= 0.3 is 0 Å². The molecule has 0 atom stereocenters. The number of phenols is 1. The van der Waals surface area contributed by atoms with Crippen LogP contribution >= 0.6 is 11.3 Å². The van der Waals surface area contributed by atoms with Crippen molar-refractivity contribution < 1.29 is 5.11 Å². The molecule has 4 heteroatoms.